The molecule has 0 atom stereocenters. The fourth-order valence-electron chi connectivity index (χ4n) is 0.954. The summed E-state index contributed by atoms with van der Waals surface area (Å²) in [5.41, 5.74) is 0.351. The first kappa shape index (κ1) is 11.5. The van der Waals surface area contributed by atoms with Crippen LogP contribution in [-0.2, 0) is 11.2 Å². The average molecular weight is 212 g/mol. The molecule has 2 N–H and O–H groups in total. The quantitative estimate of drug-likeness (QED) is 0.779. The normalized spacial score (nSPS) is 11.1. The van der Waals surface area contributed by atoms with Gasteiger partial charge in [0.1, 0.15) is 5.60 Å². The van der Waals surface area contributed by atoms with E-state index >= 15 is 0 Å². The maximum absolute atomic E-state index is 11.2. The van der Waals surface area contributed by atoms with Gasteiger partial charge in [0.15, 0.2) is 0 Å². The lowest BCUT2D eigenvalue weighted by Crippen LogP contribution is -2.33. The summed E-state index contributed by atoms with van der Waals surface area (Å²) in [5.74, 6) is 0. The summed E-state index contributed by atoms with van der Waals surface area (Å²) in [6.45, 7) is 5.96. The Balaban J connectivity index is 2.18. The Hall–Kier alpha value is -1.59. The molecular weight excluding hydrogens is 196 g/mol. The molecule has 1 heterocycles. The summed E-state index contributed by atoms with van der Waals surface area (Å²) in [6, 6.07) is 0. The highest BCUT2D eigenvalue weighted by Crippen LogP contribution is 2.06. The van der Waals surface area contributed by atoms with E-state index in [1.54, 1.807) is 6.20 Å². The van der Waals surface area contributed by atoms with Crippen molar-refractivity contribution in [3.63, 3.8) is 0 Å². The Morgan fingerprint density at radius 3 is 2.87 bits per heavy atom. The van der Waals surface area contributed by atoms with Crippen LogP contribution in [0.5, 0.6) is 0 Å². The van der Waals surface area contributed by atoms with Crippen molar-refractivity contribution in [2.75, 3.05) is 6.54 Å². The number of hydrogen-bond acceptors (Lipinski definition) is 4. The molecule has 0 fully saturated rings. The van der Waals surface area contributed by atoms with Crippen LogP contribution in [0.2, 0.25) is 0 Å². The molecule has 0 aliphatic rings. The minimum atomic E-state index is -0.460. The van der Waals surface area contributed by atoms with Crippen molar-refractivity contribution in [1.82, 2.24) is 20.7 Å². The lowest BCUT2D eigenvalue weighted by molar-refractivity contribution is 0.0528. The zero-order valence-electron chi connectivity index (χ0n) is 9.20. The van der Waals surface area contributed by atoms with E-state index in [4.69, 9.17) is 4.74 Å². The lowest BCUT2D eigenvalue weighted by atomic mass is 10.2. The van der Waals surface area contributed by atoms with E-state index in [0.717, 1.165) is 5.69 Å². The van der Waals surface area contributed by atoms with Crippen molar-refractivity contribution in [3.8, 4) is 0 Å². The molecule has 0 bridgehead atoms. The van der Waals surface area contributed by atoms with Crippen LogP contribution in [0, 0.1) is 0 Å². The molecule has 1 aromatic heterocycles. The van der Waals surface area contributed by atoms with Gasteiger partial charge >= 0.3 is 6.09 Å². The maximum Gasteiger partial charge on any atom is 0.407 e. The second kappa shape index (κ2) is 4.77. The number of nitrogens with zero attached hydrogens (tertiary/aromatic N) is 2. The summed E-state index contributed by atoms with van der Waals surface area (Å²) in [7, 11) is 0. The van der Waals surface area contributed by atoms with E-state index in [2.05, 4.69) is 20.7 Å². The number of aromatic amines is 1. The van der Waals surface area contributed by atoms with Crippen LogP contribution >= 0.6 is 0 Å². The predicted molar refractivity (Wildman–Crippen MR) is 54.3 cm³/mol. The molecule has 0 aliphatic heterocycles. The van der Waals surface area contributed by atoms with Crippen molar-refractivity contribution in [2.24, 2.45) is 0 Å². The third kappa shape index (κ3) is 4.99. The van der Waals surface area contributed by atoms with Crippen molar-refractivity contribution >= 4 is 6.09 Å². The van der Waals surface area contributed by atoms with Crippen LogP contribution < -0.4 is 5.32 Å². The van der Waals surface area contributed by atoms with Crippen LogP contribution in [0.1, 0.15) is 26.5 Å². The zero-order chi connectivity index (χ0) is 11.3. The molecule has 0 unspecified atom stereocenters. The molecule has 1 rings (SSSR count). The van der Waals surface area contributed by atoms with Gasteiger partial charge in [-0.1, -0.05) is 5.21 Å². The highest BCUT2D eigenvalue weighted by atomic mass is 16.6. The number of alkyl carbamates (subject to hydrolysis) is 1. The van der Waals surface area contributed by atoms with E-state index in [1.807, 2.05) is 20.8 Å². The summed E-state index contributed by atoms with van der Waals surface area (Å²) in [4.78, 5) is 11.2. The third-order valence-corrected chi connectivity index (χ3v) is 1.52. The van der Waals surface area contributed by atoms with Gasteiger partial charge in [-0.15, -0.1) is 5.10 Å². The smallest absolute Gasteiger partial charge is 0.407 e. The van der Waals surface area contributed by atoms with Gasteiger partial charge in [-0.05, 0) is 20.8 Å². The van der Waals surface area contributed by atoms with Gasteiger partial charge in [-0.25, -0.2) is 4.79 Å². The predicted octanol–water partition coefficient (Wildman–Crippen LogP) is 0.872. The minimum absolute atomic E-state index is 0.411. The number of amides is 1. The molecule has 15 heavy (non-hydrogen) atoms. The minimum Gasteiger partial charge on any atom is -0.444 e. The first-order valence-corrected chi connectivity index (χ1v) is 4.79. The van der Waals surface area contributed by atoms with Crippen LogP contribution in [0.3, 0.4) is 0 Å². The molecular formula is C9H16N4O2. The van der Waals surface area contributed by atoms with Crippen LogP contribution in [0.15, 0.2) is 6.20 Å². The highest BCUT2D eigenvalue weighted by molar-refractivity contribution is 5.67. The Labute approximate surface area is 88.4 Å². The van der Waals surface area contributed by atoms with Gasteiger partial charge in [0.25, 0.3) is 0 Å². The Morgan fingerprint density at radius 2 is 2.33 bits per heavy atom. The summed E-state index contributed by atoms with van der Waals surface area (Å²) >= 11 is 0. The first-order chi connectivity index (χ1) is 6.97. The second-order valence-corrected chi connectivity index (χ2v) is 4.14. The molecule has 1 amide bonds. The second-order valence-electron chi connectivity index (χ2n) is 4.14. The Morgan fingerprint density at radius 1 is 1.60 bits per heavy atom. The number of hydrogen-bond donors (Lipinski definition) is 2. The number of ether oxygens (including phenoxy) is 1. The molecule has 1 aromatic rings. The van der Waals surface area contributed by atoms with Crippen molar-refractivity contribution in [3.05, 3.63) is 11.9 Å². The first-order valence-electron chi connectivity index (χ1n) is 4.79. The SMILES string of the molecule is CC(C)(C)OC(=O)NCCc1c[nH]nn1. The third-order valence-electron chi connectivity index (χ3n) is 1.52. The monoisotopic (exact) mass is 212 g/mol. The van der Waals surface area contributed by atoms with Gasteiger partial charge in [-0.2, -0.15) is 0 Å². The molecule has 0 saturated heterocycles. The molecule has 84 valence electrons. The van der Waals surface area contributed by atoms with Crippen molar-refractivity contribution in [1.29, 1.82) is 0 Å². The topological polar surface area (TPSA) is 79.9 Å². The highest BCUT2D eigenvalue weighted by Gasteiger charge is 2.15. The summed E-state index contributed by atoms with van der Waals surface area (Å²) in [6.07, 6.45) is 1.91. The number of rotatable bonds is 3. The van der Waals surface area contributed by atoms with E-state index in [9.17, 15) is 4.79 Å². The van der Waals surface area contributed by atoms with E-state index in [-0.39, 0.29) is 0 Å². The molecule has 6 nitrogen and oxygen atoms in total. The van der Waals surface area contributed by atoms with Gasteiger partial charge in [-0.3, -0.25) is 5.10 Å². The van der Waals surface area contributed by atoms with Gasteiger partial charge < -0.3 is 10.1 Å². The summed E-state index contributed by atoms with van der Waals surface area (Å²) < 4.78 is 5.06. The lowest BCUT2D eigenvalue weighted by Gasteiger charge is -2.19. The Kier molecular flexibility index (Phi) is 3.65. The van der Waals surface area contributed by atoms with Crippen LogP contribution in [0.25, 0.3) is 0 Å². The molecule has 6 heteroatoms. The van der Waals surface area contributed by atoms with Gasteiger partial charge in [0, 0.05) is 19.2 Å². The maximum atomic E-state index is 11.2. The number of aromatic nitrogens is 3. The number of carbonyl (C=O) groups is 1. The number of H-pyrrole nitrogens is 1. The zero-order valence-corrected chi connectivity index (χ0v) is 9.20. The van der Waals surface area contributed by atoms with Crippen LogP contribution in [-0.4, -0.2) is 33.6 Å². The molecule has 0 radical (unpaired) electrons. The number of carbonyl (C=O) groups excluding carboxylic acids is 1. The van der Waals surface area contributed by atoms with E-state index in [1.165, 1.54) is 0 Å². The Bertz CT molecular complexity index is 302. The summed E-state index contributed by atoms with van der Waals surface area (Å²) in [5, 5.41) is 12.6. The molecule has 0 aromatic carbocycles. The fraction of sp³-hybridized carbons (Fsp3) is 0.667. The van der Waals surface area contributed by atoms with Gasteiger partial charge in [0.2, 0.25) is 0 Å². The van der Waals surface area contributed by atoms with Crippen molar-refractivity contribution in [2.45, 2.75) is 32.8 Å². The van der Waals surface area contributed by atoms with Gasteiger partial charge in [0.05, 0.1) is 5.69 Å². The standard InChI is InChI=1S/C9H16N4O2/c1-9(2,3)15-8(14)10-5-4-7-6-11-13-12-7/h6H,4-5H2,1-3H3,(H,10,14)(H,11,12,13). The number of nitrogens with one attached hydrogen (secondary N) is 2. The largest absolute Gasteiger partial charge is 0.444 e. The van der Waals surface area contributed by atoms with E-state index < -0.39 is 11.7 Å². The average Bonchev–Trinajstić information content (AvgIpc) is 2.53. The molecule has 0 spiro atoms. The fourth-order valence-corrected chi connectivity index (χ4v) is 0.954. The van der Waals surface area contributed by atoms with Crippen LogP contribution in [0.4, 0.5) is 4.79 Å². The van der Waals surface area contributed by atoms with Crippen molar-refractivity contribution < 1.29 is 9.53 Å². The molecule has 0 aliphatic carbocycles. The molecule has 0 saturated carbocycles. The van der Waals surface area contributed by atoms with E-state index in [0.29, 0.717) is 13.0 Å².